The molecule has 3 aliphatic rings. The zero-order valence-corrected chi connectivity index (χ0v) is 27.6. The molecule has 4 heterocycles. The number of aromatic nitrogens is 3. The van der Waals surface area contributed by atoms with Crippen molar-refractivity contribution in [2.45, 2.75) is 89.6 Å². The summed E-state index contributed by atoms with van der Waals surface area (Å²) in [6.45, 7) is 7.42. The number of anilines is 3. The second kappa shape index (κ2) is 11.7. The van der Waals surface area contributed by atoms with E-state index in [0.29, 0.717) is 51.9 Å². The fourth-order valence-electron chi connectivity index (χ4n) is 7.90. The minimum Gasteiger partial charge on any atom is -0.389 e. The lowest BCUT2D eigenvalue weighted by atomic mass is 9.63. The van der Waals surface area contributed by atoms with Crippen LogP contribution in [0.25, 0.3) is 11.5 Å². The van der Waals surface area contributed by atoms with Gasteiger partial charge in [0, 0.05) is 42.3 Å². The molecule has 0 amide bonds. The predicted molar refractivity (Wildman–Crippen MR) is 177 cm³/mol. The number of likely N-dealkylation sites (tertiary alicyclic amines) is 1. The highest BCUT2D eigenvalue weighted by Crippen LogP contribution is 2.55. The monoisotopic (exact) mass is 626 g/mol. The lowest BCUT2D eigenvalue weighted by Crippen LogP contribution is -2.40. The highest BCUT2D eigenvalue weighted by Gasteiger charge is 2.49. The molecule has 2 aliphatic carbocycles. The standard InChI is InChI=1S/C33H42N10OS/c1-19(23-10-8-14-42(23)4)38-29-22(16-35)31(43(5)18-32(2,3)17-36)40-30(39-29)26-20-9-6-12-33(27(20)44-41-26)13-7-11-24-25(33)21(15-34)28(37)45-24/h16,19,23,35H,6-14,18,37H2,1-5H3,(H,38,39,40). The van der Waals surface area contributed by atoms with Crippen LogP contribution in [0.5, 0.6) is 0 Å². The van der Waals surface area contributed by atoms with Crippen molar-refractivity contribution in [3.8, 4) is 23.7 Å². The molecular formula is C33H42N10OS. The van der Waals surface area contributed by atoms with Gasteiger partial charge in [-0.2, -0.15) is 10.5 Å². The van der Waals surface area contributed by atoms with Crippen molar-refractivity contribution in [1.29, 1.82) is 15.9 Å². The van der Waals surface area contributed by atoms with Gasteiger partial charge < -0.3 is 30.8 Å². The largest absolute Gasteiger partial charge is 0.389 e. The zero-order valence-electron chi connectivity index (χ0n) is 26.8. The van der Waals surface area contributed by atoms with Gasteiger partial charge in [0.25, 0.3) is 0 Å². The number of rotatable bonds is 8. The van der Waals surface area contributed by atoms with Gasteiger partial charge in [-0.05, 0) is 91.3 Å². The van der Waals surface area contributed by atoms with Gasteiger partial charge in [0.2, 0.25) is 0 Å². The van der Waals surface area contributed by atoms with Crippen molar-refractivity contribution in [3.63, 3.8) is 0 Å². The van der Waals surface area contributed by atoms with Crippen LogP contribution >= 0.6 is 11.3 Å². The van der Waals surface area contributed by atoms with Crippen molar-refractivity contribution >= 4 is 34.2 Å². The van der Waals surface area contributed by atoms with E-state index >= 15 is 0 Å². The highest BCUT2D eigenvalue weighted by atomic mass is 32.1. The molecule has 0 aromatic carbocycles. The number of aryl methyl sites for hydroxylation is 1. The van der Waals surface area contributed by atoms with E-state index < -0.39 is 10.8 Å². The summed E-state index contributed by atoms with van der Waals surface area (Å²) in [5.41, 5.74) is 9.02. The number of likely N-dealkylation sites (N-methyl/N-ethyl adjacent to an activating group) is 1. The van der Waals surface area contributed by atoms with Crippen LogP contribution in [0.3, 0.4) is 0 Å². The number of hydrogen-bond acceptors (Lipinski definition) is 12. The molecule has 0 saturated carbocycles. The van der Waals surface area contributed by atoms with Gasteiger partial charge >= 0.3 is 0 Å². The summed E-state index contributed by atoms with van der Waals surface area (Å²) in [5.74, 6) is 2.36. The first kappa shape index (κ1) is 31.0. The summed E-state index contributed by atoms with van der Waals surface area (Å²) < 4.78 is 6.27. The fourth-order valence-corrected chi connectivity index (χ4v) is 9.06. The molecule has 1 saturated heterocycles. The summed E-state index contributed by atoms with van der Waals surface area (Å²) >= 11 is 1.53. The Labute approximate surface area is 268 Å². The Morgan fingerprint density at radius 2 is 2.02 bits per heavy atom. The fraction of sp³-hybridized carbons (Fsp3) is 0.576. The molecule has 3 aromatic rings. The van der Waals surface area contributed by atoms with E-state index in [1.54, 1.807) is 0 Å². The number of nitrogens with two attached hydrogens (primary N) is 1. The van der Waals surface area contributed by atoms with Gasteiger partial charge in [0.05, 0.1) is 28.0 Å². The summed E-state index contributed by atoms with van der Waals surface area (Å²) in [5, 5.41) is 37.1. The Morgan fingerprint density at radius 3 is 2.69 bits per heavy atom. The maximum atomic E-state index is 10.1. The number of fused-ring (bicyclic) bond motifs is 4. The average Bonchev–Trinajstić information content (AvgIpc) is 3.73. The Bertz CT molecular complexity index is 1710. The van der Waals surface area contributed by atoms with Gasteiger partial charge in [-0.3, -0.25) is 0 Å². The Kier molecular flexibility index (Phi) is 8.09. The SMILES string of the molecule is CC(Nc1nc(-c2noc3c2CCCC32CCCc3sc(N)c(C#N)c32)nc(N(C)CC(C)(C)C#N)c1C=N)C1CCCN1C. The molecule has 1 aliphatic heterocycles. The molecule has 1 spiro atoms. The van der Waals surface area contributed by atoms with Crippen LogP contribution < -0.4 is 16.0 Å². The van der Waals surface area contributed by atoms with E-state index in [0.717, 1.165) is 74.8 Å². The van der Waals surface area contributed by atoms with Gasteiger partial charge in [-0.1, -0.05) is 5.16 Å². The van der Waals surface area contributed by atoms with Crippen molar-refractivity contribution in [2.75, 3.05) is 43.1 Å². The first-order valence-corrected chi connectivity index (χ1v) is 16.7. The molecule has 0 bridgehead atoms. The topological polar surface area (TPSA) is 168 Å². The van der Waals surface area contributed by atoms with Crippen LogP contribution in [0.2, 0.25) is 0 Å². The molecule has 3 unspecified atom stereocenters. The maximum absolute atomic E-state index is 10.1. The lowest BCUT2D eigenvalue weighted by molar-refractivity contribution is 0.265. The van der Waals surface area contributed by atoms with Crippen molar-refractivity contribution < 1.29 is 4.52 Å². The molecule has 45 heavy (non-hydrogen) atoms. The number of thiophene rings is 1. The highest BCUT2D eigenvalue weighted by molar-refractivity contribution is 7.16. The van der Waals surface area contributed by atoms with Gasteiger partial charge in [0.15, 0.2) is 17.3 Å². The van der Waals surface area contributed by atoms with Crippen molar-refractivity contribution in [3.05, 3.63) is 32.9 Å². The molecule has 236 valence electrons. The first-order chi connectivity index (χ1) is 21.5. The minimum atomic E-state index is -0.633. The van der Waals surface area contributed by atoms with Gasteiger partial charge in [-0.15, -0.1) is 11.3 Å². The zero-order chi connectivity index (χ0) is 32.1. The smallest absolute Gasteiger partial charge is 0.186 e. The molecule has 6 rings (SSSR count). The number of nitrogen functional groups attached to an aromatic ring is 1. The second-order valence-corrected chi connectivity index (χ2v) is 14.8. The predicted octanol–water partition coefficient (Wildman–Crippen LogP) is 5.48. The molecule has 0 radical (unpaired) electrons. The van der Waals surface area contributed by atoms with E-state index in [9.17, 15) is 10.5 Å². The third-order valence-corrected chi connectivity index (χ3v) is 11.0. The van der Waals surface area contributed by atoms with Crippen molar-refractivity contribution in [1.82, 2.24) is 20.0 Å². The molecule has 4 N–H and O–H groups in total. The normalized spacial score (nSPS) is 21.9. The van der Waals surface area contributed by atoms with Crippen LogP contribution in [0.4, 0.5) is 16.6 Å². The maximum Gasteiger partial charge on any atom is 0.186 e. The third kappa shape index (κ3) is 5.24. The quantitative estimate of drug-likeness (QED) is 0.272. The van der Waals surface area contributed by atoms with Crippen LogP contribution in [0.1, 0.15) is 92.2 Å². The molecule has 3 atom stereocenters. The van der Waals surface area contributed by atoms with Crippen LogP contribution in [0, 0.1) is 33.5 Å². The summed E-state index contributed by atoms with van der Waals surface area (Å²) in [7, 11) is 4.05. The number of nitrogens with zero attached hydrogens (tertiary/aromatic N) is 7. The molecular weight excluding hydrogens is 584 g/mol. The summed E-state index contributed by atoms with van der Waals surface area (Å²) in [6, 6.07) is 5.19. The molecule has 3 aromatic heterocycles. The summed E-state index contributed by atoms with van der Waals surface area (Å²) in [6.07, 6.45) is 8.86. The summed E-state index contributed by atoms with van der Waals surface area (Å²) in [4.78, 5) is 15.5. The van der Waals surface area contributed by atoms with E-state index in [-0.39, 0.29) is 6.04 Å². The Balaban J connectivity index is 1.49. The van der Waals surface area contributed by atoms with E-state index in [1.807, 2.05) is 25.8 Å². The molecule has 11 nitrogen and oxygen atoms in total. The number of hydrogen-bond donors (Lipinski definition) is 3. The third-order valence-electron chi connectivity index (χ3n) is 9.96. The second-order valence-electron chi connectivity index (χ2n) is 13.6. The number of nitrogens with one attached hydrogen (secondary N) is 2. The lowest BCUT2D eigenvalue weighted by Gasteiger charge is -2.39. The first-order valence-electron chi connectivity index (χ1n) is 15.9. The van der Waals surface area contributed by atoms with Crippen LogP contribution in [-0.2, 0) is 18.3 Å². The Morgan fingerprint density at radius 1 is 1.27 bits per heavy atom. The van der Waals surface area contributed by atoms with Gasteiger partial charge in [-0.25, -0.2) is 9.97 Å². The van der Waals surface area contributed by atoms with Gasteiger partial charge in [0.1, 0.15) is 22.7 Å². The number of nitriles is 2. The Hall–Kier alpha value is -4.00. The van der Waals surface area contributed by atoms with Crippen LogP contribution in [-0.4, -0.2) is 65.5 Å². The molecule has 12 heteroatoms. The van der Waals surface area contributed by atoms with E-state index in [1.165, 1.54) is 22.4 Å². The molecule has 1 fully saturated rings. The minimum absolute atomic E-state index is 0.0799. The van der Waals surface area contributed by atoms with Crippen LogP contribution in [0.15, 0.2) is 4.52 Å². The van der Waals surface area contributed by atoms with Crippen molar-refractivity contribution in [2.24, 2.45) is 5.41 Å². The average molecular weight is 627 g/mol. The van der Waals surface area contributed by atoms with E-state index in [2.05, 4.69) is 41.5 Å². The van der Waals surface area contributed by atoms with E-state index in [4.69, 9.17) is 25.6 Å².